The first kappa shape index (κ1) is 14.5. The fourth-order valence-electron chi connectivity index (χ4n) is 2.35. The molecule has 0 aliphatic carbocycles. The molecular formula is C14H22N2O2S. The molecule has 5 heteroatoms. The highest BCUT2D eigenvalue weighted by Crippen LogP contribution is 2.17. The van der Waals surface area contributed by atoms with Gasteiger partial charge in [0.15, 0.2) is 0 Å². The number of benzene rings is 1. The van der Waals surface area contributed by atoms with Crippen LogP contribution in [0, 0.1) is 0 Å². The van der Waals surface area contributed by atoms with E-state index < -0.39 is 10.0 Å². The van der Waals surface area contributed by atoms with E-state index in [-0.39, 0.29) is 11.3 Å². The van der Waals surface area contributed by atoms with Crippen LogP contribution in [0.3, 0.4) is 0 Å². The van der Waals surface area contributed by atoms with Gasteiger partial charge in [-0.1, -0.05) is 30.3 Å². The van der Waals surface area contributed by atoms with E-state index in [1.165, 1.54) is 0 Å². The standard InChI is InChI=1S/C14H22N2O2S/c1-14(9-5-10-15-14)12-16-19(17,18)11-8-13-6-3-2-4-7-13/h2-4,6-7,15-16H,5,8-12H2,1H3. The number of hydrogen-bond acceptors (Lipinski definition) is 3. The number of nitrogens with one attached hydrogen (secondary N) is 2. The highest BCUT2D eigenvalue weighted by atomic mass is 32.2. The Hall–Kier alpha value is -0.910. The van der Waals surface area contributed by atoms with Gasteiger partial charge in [-0.05, 0) is 38.3 Å². The molecule has 1 atom stereocenters. The Morgan fingerprint density at radius 3 is 2.68 bits per heavy atom. The number of hydrogen-bond donors (Lipinski definition) is 2. The van der Waals surface area contributed by atoms with Gasteiger partial charge in [0, 0.05) is 12.1 Å². The van der Waals surface area contributed by atoms with Crippen molar-refractivity contribution in [3.05, 3.63) is 35.9 Å². The molecule has 0 spiro atoms. The van der Waals surface area contributed by atoms with Crippen molar-refractivity contribution >= 4 is 10.0 Å². The second-order valence-corrected chi connectivity index (χ2v) is 7.39. The summed E-state index contributed by atoms with van der Waals surface area (Å²) in [7, 11) is -3.20. The van der Waals surface area contributed by atoms with Crippen LogP contribution < -0.4 is 10.0 Å². The topological polar surface area (TPSA) is 58.2 Å². The predicted molar refractivity (Wildman–Crippen MR) is 77.6 cm³/mol. The largest absolute Gasteiger partial charge is 0.310 e. The van der Waals surface area contributed by atoms with Gasteiger partial charge in [0.25, 0.3) is 0 Å². The van der Waals surface area contributed by atoms with E-state index in [0.29, 0.717) is 13.0 Å². The molecule has 106 valence electrons. The van der Waals surface area contributed by atoms with Crippen molar-refractivity contribution in [2.24, 2.45) is 0 Å². The van der Waals surface area contributed by atoms with Crippen LogP contribution in [0.4, 0.5) is 0 Å². The Kier molecular flexibility index (Phi) is 4.60. The quantitative estimate of drug-likeness (QED) is 0.826. The Labute approximate surface area is 115 Å². The minimum Gasteiger partial charge on any atom is -0.310 e. The molecule has 1 heterocycles. The van der Waals surface area contributed by atoms with Gasteiger partial charge >= 0.3 is 0 Å². The van der Waals surface area contributed by atoms with Crippen LogP contribution in [0.5, 0.6) is 0 Å². The average Bonchev–Trinajstić information content (AvgIpc) is 2.84. The number of sulfonamides is 1. The lowest BCUT2D eigenvalue weighted by atomic mass is 10.0. The molecular weight excluding hydrogens is 260 g/mol. The second-order valence-electron chi connectivity index (χ2n) is 5.47. The highest BCUT2D eigenvalue weighted by Gasteiger charge is 2.29. The van der Waals surface area contributed by atoms with Crippen molar-refractivity contribution in [1.82, 2.24) is 10.0 Å². The molecule has 4 nitrogen and oxygen atoms in total. The third-order valence-corrected chi connectivity index (χ3v) is 4.97. The maximum Gasteiger partial charge on any atom is 0.211 e. The lowest BCUT2D eigenvalue weighted by Gasteiger charge is -2.24. The summed E-state index contributed by atoms with van der Waals surface area (Å²) in [5, 5.41) is 3.35. The van der Waals surface area contributed by atoms with Crippen molar-refractivity contribution in [1.29, 1.82) is 0 Å². The summed E-state index contributed by atoms with van der Waals surface area (Å²) >= 11 is 0. The van der Waals surface area contributed by atoms with Gasteiger partial charge in [0.2, 0.25) is 10.0 Å². The first-order valence-corrected chi connectivity index (χ1v) is 8.41. The summed E-state index contributed by atoms with van der Waals surface area (Å²) in [6, 6.07) is 9.70. The Morgan fingerprint density at radius 2 is 2.05 bits per heavy atom. The van der Waals surface area contributed by atoms with Crippen LogP contribution in [-0.2, 0) is 16.4 Å². The van der Waals surface area contributed by atoms with Crippen LogP contribution in [0.2, 0.25) is 0 Å². The summed E-state index contributed by atoms with van der Waals surface area (Å²) in [4.78, 5) is 0. The van der Waals surface area contributed by atoms with Crippen LogP contribution in [0.1, 0.15) is 25.3 Å². The fourth-order valence-corrected chi connectivity index (χ4v) is 3.53. The van der Waals surface area contributed by atoms with Crippen molar-refractivity contribution in [2.75, 3.05) is 18.8 Å². The van der Waals surface area contributed by atoms with E-state index in [0.717, 1.165) is 24.9 Å². The molecule has 0 radical (unpaired) electrons. The Morgan fingerprint density at radius 1 is 1.32 bits per heavy atom. The third kappa shape index (κ3) is 4.60. The van der Waals surface area contributed by atoms with E-state index in [2.05, 4.69) is 17.0 Å². The summed E-state index contributed by atoms with van der Waals surface area (Å²) in [5.74, 6) is 0.146. The summed E-state index contributed by atoms with van der Waals surface area (Å²) in [5.41, 5.74) is 0.970. The molecule has 1 aromatic carbocycles. The minimum atomic E-state index is -3.20. The Balaban J connectivity index is 1.82. The molecule has 0 bridgehead atoms. The molecule has 1 aliphatic heterocycles. The first-order valence-electron chi connectivity index (χ1n) is 6.75. The van der Waals surface area contributed by atoms with Crippen molar-refractivity contribution < 1.29 is 8.42 Å². The molecule has 1 fully saturated rings. The molecule has 0 aromatic heterocycles. The summed E-state index contributed by atoms with van der Waals surface area (Å²) in [6.07, 6.45) is 2.69. The van der Waals surface area contributed by atoms with Gasteiger partial charge in [0.05, 0.1) is 5.75 Å². The normalized spacial score (nSPS) is 23.6. The highest BCUT2D eigenvalue weighted by molar-refractivity contribution is 7.89. The predicted octanol–water partition coefficient (Wildman–Crippen LogP) is 1.29. The summed E-state index contributed by atoms with van der Waals surface area (Å²) < 4.78 is 26.6. The monoisotopic (exact) mass is 282 g/mol. The lowest BCUT2D eigenvalue weighted by Crippen LogP contribution is -2.47. The maximum atomic E-state index is 12.0. The number of rotatable bonds is 6. The van der Waals surface area contributed by atoms with Crippen LogP contribution in [0.15, 0.2) is 30.3 Å². The fraction of sp³-hybridized carbons (Fsp3) is 0.571. The molecule has 1 saturated heterocycles. The molecule has 0 amide bonds. The van der Waals surface area contributed by atoms with Gasteiger partial charge in [-0.25, -0.2) is 13.1 Å². The van der Waals surface area contributed by atoms with Gasteiger partial charge in [0.1, 0.15) is 0 Å². The number of aryl methyl sites for hydroxylation is 1. The van der Waals surface area contributed by atoms with Gasteiger partial charge in [-0.15, -0.1) is 0 Å². The zero-order valence-corrected chi connectivity index (χ0v) is 12.2. The second kappa shape index (κ2) is 6.03. The van der Waals surface area contributed by atoms with Crippen LogP contribution in [0.25, 0.3) is 0 Å². The Bertz CT molecular complexity index is 493. The smallest absolute Gasteiger partial charge is 0.211 e. The van der Waals surface area contributed by atoms with E-state index in [1.807, 2.05) is 30.3 Å². The van der Waals surface area contributed by atoms with Crippen molar-refractivity contribution in [2.45, 2.75) is 31.7 Å². The van der Waals surface area contributed by atoms with Gasteiger partial charge in [-0.2, -0.15) is 0 Å². The molecule has 2 N–H and O–H groups in total. The average molecular weight is 282 g/mol. The van der Waals surface area contributed by atoms with E-state index in [1.54, 1.807) is 0 Å². The van der Waals surface area contributed by atoms with Crippen molar-refractivity contribution in [3.8, 4) is 0 Å². The molecule has 1 aliphatic rings. The van der Waals surface area contributed by atoms with E-state index in [4.69, 9.17) is 0 Å². The van der Waals surface area contributed by atoms with E-state index in [9.17, 15) is 8.42 Å². The lowest BCUT2D eigenvalue weighted by molar-refractivity contribution is 0.409. The zero-order chi connectivity index (χ0) is 13.8. The van der Waals surface area contributed by atoms with Gasteiger partial charge < -0.3 is 5.32 Å². The van der Waals surface area contributed by atoms with Crippen molar-refractivity contribution in [3.63, 3.8) is 0 Å². The molecule has 19 heavy (non-hydrogen) atoms. The summed E-state index contributed by atoms with van der Waals surface area (Å²) in [6.45, 7) is 3.52. The molecule has 2 rings (SSSR count). The maximum absolute atomic E-state index is 12.0. The van der Waals surface area contributed by atoms with Crippen LogP contribution in [-0.4, -0.2) is 32.8 Å². The van der Waals surface area contributed by atoms with E-state index >= 15 is 0 Å². The molecule has 0 saturated carbocycles. The molecule has 1 aromatic rings. The minimum absolute atomic E-state index is 0.0835. The first-order chi connectivity index (χ1) is 8.99. The third-order valence-electron chi connectivity index (χ3n) is 3.64. The SMILES string of the molecule is CC1(CNS(=O)(=O)CCc2ccccc2)CCCN1. The van der Waals surface area contributed by atoms with Gasteiger partial charge in [-0.3, -0.25) is 0 Å². The van der Waals surface area contributed by atoms with Crippen LogP contribution >= 0.6 is 0 Å². The zero-order valence-electron chi connectivity index (χ0n) is 11.4. The molecule has 1 unspecified atom stereocenters.